The zero-order valence-electron chi connectivity index (χ0n) is 14.7. The predicted molar refractivity (Wildman–Crippen MR) is 91.6 cm³/mol. The third-order valence-electron chi connectivity index (χ3n) is 4.33. The van der Waals surface area contributed by atoms with E-state index in [4.69, 9.17) is 14.0 Å². The molecule has 0 atom stereocenters. The Hall–Kier alpha value is -2.41. The lowest BCUT2D eigenvalue weighted by atomic mass is 10.0. The SMILES string of the molecule is COCCc1nc(CN2CCCCc3cc(C(=O)OC)ccc32)no1. The van der Waals surface area contributed by atoms with Crippen LogP contribution in [0.2, 0.25) is 0 Å². The first-order valence-corrected chi connectivity index (χ1v) is 8.48. The lowest BCUT2D eigenvalue weighted by Gasteiger charge is -2.23. The van der Waals surface area contributed by atoms with Crippen LogP contribution in [0, 0.1) is 0 Å². The lowest BCUT2D eigenvalue weighted by molar-refractivity contribution is 0.0600. The van der Waals surface area contributed by atoms with Gasteiger partial charge in [0.05, 0.1) is 32.2 Å². The predicted octanol–water partition coefficient (Wildman–Crippen LogP) is 2.39. The summed E-state index contributed by atoms with van der Waals surface area (Å²) in [4.78, 5) is 18.4. The molecule has 1 aromatic heterocycles. The molecular weight excluding hydrogens is 322 g/mol. The highest BCUT2D eigenvalue weighted by Gasteiger charge is 2.19. The zero-order chi connectivity index (χ0) is 17.6. The van der Waals surface area contributed by atoms with Crippen molar-refractivity contribution in [3.63, 3.8) is 0 Å². The Morgan fingerprint density at radius 3 is 3.00 bits per heavy atom. The van der Waals surface area contributed by atoms with Gasteiger partial charge < -0.3 is 18.9 Å². The van der Waals surface area contributed by atoms with Crippen molar-refractivity contribution < 1.29 is 18.8 Å². The van der Waals surface area contributed by atoms with E-state index < -0.39 is 0 Å². The Bertz CT molecular complexity index is 729. The van der Waals surface area contributed by atoms with E-state index in [1.165, 1.54) is 7.11 Å². The normalized spacial score (nSPS) is 14.1. The number of fused-ring (bicyclic) bond motifs is 1. The number of aromatic nitrogens is 2. The monoisotopic (exact) mass is 345 g/mol. The number of methoxy groups -OCH3 is 2. The average molecular weight is 345 g/mol. The number of hydrogen-bond donors (Lipinski definition) is 0. The molecule has 134 valence electrons. The fourth-order valence-electron chi connectivity index (χ4n) is 3.06. The van der Waals surface area contributed by atoms with Gasteiger partial charge >= 0.3 is 5.97 Å². The summed E-state index contributed by atoms with van der Waals surface area (Å²) in [6, 6.07) is 5.72. The maximum absolute atomic E-state index is 11.8. The number of ether oxygens (including phenoxy) is 2. The van der Waals surface area contributed by atoms with Crippen molar-refractivity contribution in [1.82, 2.24) is 10.1 Å². The number of hydrogen-bond acceptors (Lipinski definition) is 7. The van der Waals surface area contributed by atoms with Gasteiger partial charge in [-0.3, -0.25) is 0 Å². The standard InChI is InChI=1S/C18H23N3O4/c1-23-10-8-17-19-16(20-25-17)12-21-9-4-3-5-13-11-14(18(22)24-2)6-7-15(13)21/h6-7,11H,3-5,8-10,12H2,1-2H3. The van der Waals surface area contributed by atoms with Gasteiger partial charge in [0.25, 0.3) is 0 Å². The van der Waals surface area contributed by atoms with E-state index in [1.807, 2.05) is 18.2 Å². The van der Waals surface area contributed by atoms with Crippen LogP contribution in [0.25, 0.3) is 0 Å². The van der Waals surface area contributed by atoms with E-state index in [2.05, 4.69) is 15.0 Å². The van der Waals surface area contributed by atoms with Crippen LogP contribution >= 0.6 is 0 Å². The molecule has 0 N–H and O–H groups in total. The second-order valence-electron chi connectivity index (χ2n) is 6.06. The fraction of sp³-hybridized carbons (Fsp3) is 0.500. The molecule has 1 aliphatic heterocycles. The molecular formula is C18H23N3O4. The molecule has 0 bridgehead atoms. The first-order valence-electron chi connectivity index (χ1n) is 8.48. The highest BCUT2D eigenvalue weighted by Crippen LogP contribution is 2.28. The van der Waals surface area contributed by atoms with Gasteiger partial charge in [0.1, 0.15) is 0 Å². The number of nitrogens with zero attached hydrogens (tertiary/aromatic N) is 3. The van der Waals surface area contributed by atoms with Crippen LogP contribution in [0.15, 0.2) is 22.7 Å². The number of rotatable bonds is 6. The largest absolute Gasteiger partial charge is 0.465 e. The van der Waals surface area contributed by atoms with Crippen molar-refractivity contribution in [2.24, 2.45) is 0 Å². The van der Waals surface area contributed by atoms with Crippen LogP contribution in [0.5, 0.6) is 0 Å². The molecule has 0 fully saturated rings. The molecule has 0 amide bonds. The van der Waals surface area contributed by atoms with Crippen LogP contribution in [0.3, 0.4) is 0 Å². The molecule has 0 saturated carbocycles. The van der Waals surface area contributed by atoms with E-state index in [-0.39, 0.29) is 5.97 Å². The number of carbonyl (C=O) groups excluding carboxylic acids is 1. The van der Waals surface area contributed by atoms with Crippen molar-refractivity contribution in [3.8, 4) is 0 Å². The highest BCUT2D eigenvalue weighted by molar-refractivity contribution is 5.90. The fourth-order valence-corrected chi connectivity index (χ4v) is 3.06. The molecule has 2 heterocycles. The van der Waals surface area contributed by atoms with Crippen LogP contribution < -0.4 is 4.90 Å². The molecule has 25 heavy (non-hydrogen) atoms. The number of benzene rings is 1. The van der Waals surface area contributed by atoms with Gasteiger partial charge in [-0.15, -0.1) is 0 Å². The van der Waals surface area contributed by atoms with Crippen LogP contribution in [0.4, 0.5) is 5.69 Å². The number of anilines is 1. The maximum Gasteiger partial charge on any atom is 0.337 e. The lowest BCUT2D eigenvalue weighted by Crippen LogP contribution is -2.24. The Kier molecular flexibility index (Phi) is 5.65. The topological polar surface area (TPSA) is 77.7 Å². The number of esters is 1. The molecule has 0 aliphatic carbocycles. The van der Waals surface area contributed by atoms with Gasteiger partial charge in [0.2, 0.25) is 5.89 Å². The summed E-state index contributed by atoms with van der Waals surface area (Å²) in [6.07, 6.45) is 3.72. The molecule has 2 aromatic rings. The van der Waals surface area contributed by atoms with E-state index in [1.54, 1.807) is 7.11 Å². The van der Waals surface area contributed by atoms with Gasteiger partial charge in [-0.1, -0.05) is 5.16 Å². The molecule has 0 saturated heterocycles. The number of aryl methyl sites for hydroxylation is 1. The summed E-state index contributed by atoms with van der Waals surface area (Å²) < 4.78 is 15.1. The summed E-state index contributed by atoms with van der Waals surface area (Å²) >= 11 is 0. The Morgan fingerprint density at radius 2 is 2.20 bits per heavy atom. The molecule has 0 spiro atoms. The van der Waals surface area contributed by atoms with E-state index in [9.17, 15) is 4.79 Å². The van der Waals surface area contributed by atoms with Crippen molar-refractivity contribution >= 4 is 11.7 Å². The van der Waals surface area contributed by atoms with Crippen LogP contribution in [-0.4, -0.2) is 43.5 Å². The zero-order valence-corrected chi connectivity index (χ0v) is 14.7. The summed E-state index contributed by atoms with van der Waals surface area (Å²) in [5, 5.41) is 4.07. The Morgan fingerprint density at radius 1 is 1.32 bits per heavy atom. The summed E-state index contributed by atoms with van der Waals surface area (Å²) in [5.41, 5.74) is 2.86. The van der Waals surface area contributed by atoms with E-state index in [0.717, 1.165) is 37.1 Å². The van der Waals surface area contributed by atoms with E-state index in [0.29, 0.717) is 36.9 Å². The second kappa shape index (κ2) is 8.11. The van der Waals surface area contributed by atoms with Crippen molar-refractivity contribution in [2.75, 3.05) is 32.3 Å². The molecule has 0 unspecified atom stereocenters. The van der Waals surface area contributed by atoms with Crippen molar-refractivity contribution in [2.45, 2.75) is 32.2 Å². The van der Waals surface area contributed by atoms with Gasteiger partial charge in [-0.25, -0.2) is 4.79 Å². The smallest absolute Gasteiger partial charge is 0.337 e. The van der Waals surface area contributed by atoms with E-state index >= 15 is 0 Å². The molecule has 3 rings (SSSR count). The first kappa shape index (κ1) is 17.4. The average Bonchev–Trinajstić information content (AvgIpc) is 2.99. The molecule has 1 aromatic carbocycles. The highest BCUT2D eigenvalue weighted by atomic mass is 16.5. The van der Waals surface area contributed by atoms with Gasteiger partial charge in [-0.2, -0.15) is 4.98 Å². The van der Waals surface area contributed by atoms with Crippen LogP contribution in [0.1, 0.15) is 40.5 Å². The minimum atomic E-state index is -0.306. The van der Waals surface area contributed by atoms with Gasteiger partial charge in [-0.05, 0) is 43.0 Å². The third kappa shape index (κ3) is 4.17. The summed E-state index contributed by atoms with van der Waals surface area (Å²) in [7, 11) is 3.05. The maximum atomic E-state index is 11.8. The van der Waals surface area contributed by atoms with Crippen molar-refractivity contribution in [3.05, 3.63) is 41.0 Å². The minimum absolute atomic E-state index is 0.306. The van der Waals surface area contributed by atoms with Crippen LogP contribution in [-0.2, 0) is 28.9 Å². The van der Waals surface area contributed by atoms with Crippen molar-refractivity contribution in [1.29, 1.82) is 0 Å². The molecule has 1 aliphatic rings. The number of carbonyl (C=O) groups is 1. The van der Waals surface area contributed by atoms with Gasteiger partial charge in [0.15, 0.2) is 5.82 Å². The third-order valence-corrected chi connectivity index (χ3v) is 4.33. The molecule has 7 nitrogen and oxygen atoms in total. The minimum Gasteiger partial charge on any atom is -0.465 e. The Labute approximate surface area is 146 Å². The second-order valence-corrected chi connectivity index (χ2v) is 6.06. The first-order chi connectivity index (χ1) is 12.2. The summed E-state index contributed by atoms with van der Waals surface area (Å²) in [6.45, 7) is 2.07. The van der Waals surface area contributed by atoms with Gasteiger partial charge in [0, 0.05) is 19.3 Å². The molecule has 0 radical (unpaired) electrons. The molecule has 7 heteroatoms. The summed E-state index contributed by atoms with van der Waals surface area (Å²) in [5.74, 6) is 0.948. The Balaban J connectivity index is 1.78. The quantitative estimate of drug-likeness (QED) is 0.744.